The molecule has 162 valence electrons. The summed E-state index contributed by atoms with van der Waals surface area (Å²) in [6, 6.07) is 1.08. The Morgan fingerprint density at radius 3 is 2.57 bits per heavy atom. The summed E-state index contributed by atoms with van der Waals surface area (Å²) in [6.45, 7) is 4.71. The highest BCUT2D eigenvalue weighted by Crippen LogP contribution is 2.38. The summed E-state index contributed by atoms with van der Waals surface area (Å²) in [4.78, 5) is 35.4. The van der Waals surface area contributed by atoms with Crippen LogP contribution >= 0.6 is 11.3 Å². The smallest absolute Gasteiger partial charge is 0.399 e. The van der Waals surface area contributed by atoms with Crippen LogP contribution in [-0.4, -0.2) is 60.4 Å². The Labute approximate surface area is 172 Å². The molecule has 0 spiro atoms. The number of anilines is 1. The van der Waals surface area contributed by atoms with Crippen molar-refractivity contribution >= 4 is 38.0 Å². The topological polar surface area (TPSA) is 101 Å². The van der Waals surface area contributed by atoms with E-state index in [0.29, 0.717) is 44.9 Å². The molecule has 2 aromatic rings. The fourth-order valence-electron chi connectivity index (χ4n) is 3.18. The molecule has 3 rings (SSSR count). The van der Waals surface area contributed by atoms with Gasteiger partial charge in [-0.25, -0.2) is 0 Å². The average molecular weight is 445 g/mol. The first-order chi connectivity index (χ1) is 14.1. The highest BCUT2D eigenvalue weighted by Gasteiger charge is 2.34. The van der Waals surface area contributed by atoms with Gasteiger partial charge in [-0.3, -0.25) is 19.8 Å². The lowest BCUT2D eigenvalue weighted by atomic mass is 10.1. The quantitative estimate of drug-likeness (QED) is 0.396. The van der Waals surface area contributed by atoms with Crippen LogP contribution in [0.3, 0.4) is 0 Å². The number of nitro benzene ring substituents is 1. The molecule has 0 bridgehead atoms. The average Bonchev–Trinajstić information content (AvgIpc) is 2.67. The number of rotatable bonds is 5. The summed E-state index contributed by atoms with van der Waals surface area (Å²) in [7, 11) is 1.46. The van der Waals surface area contributed by atoms with Crippen LogP contribution in [0.4, 0.5) is 24.0 Å². The monoisotopic (exact) mass is 445 g/mol. The number of nitrogens with zero attached hydrogens (tertiary/aromatic N) is 5. The maximum atomic E-state index is 13.1. The van der Waals surface area contributed by atoms with Crippen molar-refractivity contribution in [1.82, 2.24) is 9.88 Å². The molecule has 1 fully saturated rings. The molecule has 9 nitrogen and oxygen atoms in total. The van der Waals surface area contributed by atoms with E-state index in [4.69, 9.17) is 4.84 Å². The summed E-state index contributed by atoms with van der Waals surface area (Å²) >= 11 is 0.849. The minimum atomic E-state index is -4.81. The van der Waals surface area contributed by atoms with Crippen LogP contribution in [0.15, 0.2) is 22.1 Å². The second-order valence-electron chi connectivity index (χ2n) is 6.70. The van der Waals surface area contributed by atoms with Gasteiger partial charge < -0.3 is 9.74 Å². The van der Waals surface area contributed by atoms with Crippen molar-refractivity contribution in [3.63, 3.8) is 0 Å². The first kappa shape index (κ1) is 21.9. The molecular weight excluding hydrogens is 427 g/mol. The van der Waals surface area contributed by atoms with Crippen LogP contribution in [0.25, 0.3) is 10.1 Å². The van der Waals surface area contributed by atoms with E-state index in [-0.39, 0.29) is 9.83 Å². The van der Waals surface area contributed by atoms with E-state index in [9.17, 15) is 28.1 Å². The number of piperazine rings is 1. The second-order valence-corrected chi connectivity index (χ2v) is 7.68. The lowest BCUT2D eigenvalue weighted by Gasteiger charge is -2.34. The van der Waals surface area contributed by atoms with Crippen molar-refractivity contribution < 1.29 is 22.9 Å². The zero-order valence-corrected chi connectivity index (χ0v) is 16.9. The molecule has 1 aliphatic rings. The van der Waals surface area contributed by atoms with Crippen LogP contribution in [0, 0.1) is 10.1 Å². The molecule has 0 atom stereocenters. The van der Waals surface area contributed by atoms with Crippen molar-refractivity contribution in [2.45, 2.75) is 13.1 Å². The minimum Gasteiger partial charge on any atom is -0.399 e. The predicted molar refractivity (Wildman–Crippen MR) is 106 cm³/mol. The summed E-state index contributed by atoms with van der Waals surface area (Å²) in [6.07, 6.45) is -4.81. The van der Waals surface area contributed by atoms with Crippen LogP contribution in [0.5, 0.6) is 0 Å². The van der Waals surface area contributed by atoms with E-state index in [1.807, 2.05) is 6.92 Å². The van der Waals surface area contributed by atoms with Crippen LogP contribution in [-0.2, 0) is 11.0 Å². The maximum Gasteiger partial charge on any atom is 0.416 e. The molecule has 13 heteroatoms. The Morgan fingerprint density at radius 2 is 2.00 bits per heavy atom. The van der Waals surface area contributed by atoms with Gasteiger partial charge in [0.05, 0.1) is 21.6 Å². The van der Waals surface area contributed by atoms with Gasteiger partial charge in [-0.2, -0.15) is 18.2 Å². The zero-order valence-electron chi connectivity index (χ0n) is 16.1. The molecule has 1 aliphatic heterocycles. The first-order valence-electron chi connectivity index (χ1n) is 8.84. The van der Waals surface area contributed by atoms with Gasteiger partial charge in [0.2, 0.25) is 0 Å². The maximum absolute atomic E-state index is 13.1. The van der Waals surface area contributed by atoms with Crippen molar-refractivity contribution in [3.8, 4) is 0 Å². The third-order valence-corrected chi connectivity index (χ3v) is 5.72. The van der Waals surface area contributed by atoms with Gasteiger partial charge >= 0.3 is 6.18 Å². The summed E-state index contributed by atoms with van der Waals surface area (Å²) in [5.41, 5.74) is -2.12. The number of halogens is 3. The second kappa shape index (κ2) is 8.52. The molecule has 2 heterocycles. The number of hydrogen-bond acceptors (Lipinski definition) is 9. The van der Waals surface area contributed by atoms with Gasteiger partial charge in [-0.15, -0.1) is 0 Å². The standard InChI is InChI=1S/C17H18F3N5O4S/c1-10(22-29-2)9-23-3-5-24(6-4-23)16-21-15(26)12-7-11(17(18,19)20)8-13(25(27)28)14(12)30-16/h7-8H,3-6,9H2,1-2H3/b22-10+. The molecule has 1 saturated heterocycles. The summed E-state index contributed by atoms with van der Waals surface area (Å²) in [5.74, 6) is 0. The largest absolute Gasteiger partial charge is 0.416 e. The van der Waals surface area contributed by atoms with Crippen molar-refractivity contribution in [1.29, 1.82) is 0 Å². The number of alkyl halides is 3. The van der Waals surface area contributed by atoms with E-state index in [1.54, 1.807) is 4.90 Å². The number of fused-ring (bicyclic) bond motifs is 1. The summed E-state index contributed by atoms with van der Waals surface area (Å²) in [5, 5.41) is 15.1. The number of aromatic nitrogens is 1. The van der Waals surface area contributed by atoms with Crippen molar-refractivity contribution in [2.24, 2.45) is 5.16 Å². The number of benzene rings is 1. The Bertz CT molecular complexity index is 1050. The van der Waals surface area contributed by atoms with Crippen LogP contribution < -0.4 is 10.5 Å². The van der Waals surface area contributed by atoms with Gasteiger partial charge in [-0.1, -0.05) is 16.5 Å². The molecule has 1 aromatic heterocycles. The third kappa shape index (κ3) is 4.67. The Balaban J connectivity index is 1.92. The minimum absolute atomic E-state index is 0.117. The molecule has 0 saturated carbocycles. The van der Waals surface area contributed by atoms with Crippen LogP contribution in [0.1, 0.15) is 12.5 Å². The lowest BCUT2D eigenvalue weighted by Crippen LogP contribution is -2.48. The molecule has 0 N–H and O–H groups in total. The van der Waals surface area contributed by atoms with Gasteiger partial charge in [-0.05, 0) is 13.0 Å². The van der Waals surface area contributed by atoms with Crippen molar-refractivity contribution in [3.05, 3.63) is 38.2 Å². The predicted octanol–water partition coefficient (Wildman–Crippen LogP) is 2.73. The Morgan fingerprint density at radius 1 is 1.33 bits per heavy atom. The van der Waals surface area contributed by atoms with Gasteiger partial charge in [0.25, 0.3) is 11.2 Å². The molecule has 30 heavy (non-hydrogen) atoms. The zero-order chi connectivity index (χ0) is 22.1. The first-order valence-corrected chi connectivity index (χ1v) is 9.66. The van der Waals surface area contributed by atoms with Gasteiger partial charge in [0.15, 0.2) is 5.13 Å². The summed E-state index contributed by atoms with van der Waals surface area (Å²) < 4.78 is 39.1. The van der Waals surface area contributed by atoms with Gasteiger partial charge in [0.1, 0.15) is 11.8 Å². The fraction of sp³-hybridized carbons (Fsp3) is 0.471. The van der Waals surface area contributed by atoms with Crippen molar-refractivity contribution in [2.75, 3.05) is 44.7 Å². The Hall–Kier alpha value is -2.80. The molecule has 0 amide bonds. The molecular formula is C17H18F3N5O4S. The Kier molecular flexibility index (Phi) is 6.22. The number of non-ortho nitro benzene ring substituents is 1. The fourth-order valence-corrected chi connectivity index (χ4v) is 4.30. The highest BCUT2D eigenvalue weighted by molar-refractivity contribution is 7.22. The van der Waals surface area contributed by atoms with E-state index in [0.717, 1.165) is 17.0 Å². The van der Waals surface area contributed by atoms with Gasteiger partial charge in [0, 0.05) is 38.8 Å². The van der Waals surface area contributed by atoms with E-state index in [2.05, 4.69) is 15.0 Å². The van der Waals surface area contributed by atoms with E-state index < -0.39 is 33.3 Å². The normalized spacial score (nSPS) is 16.2. The molecule has 0 unspecified atom stereocenters. The highest BCUT2D eigenvalue weighted by atomic mass is 32.1. The third-order valence-electron chi connectivity index (χ3n) is 4.56. The molecule has 0 aliphatic carbocycles. The number of hydrogen-bond donors (Lipinski definition) is 0. The number of oxime groups is 1. The van der Waals surface area contributed by atoms with E-state index >= 15 is 0 Å². The SMILES string of the molecule is CO/N=C(\C)CN1CCN(c2nc(=O)c3cc(C(F)(F)F)cc([N+](=O)[O-])c3s2)CC1. The molecule has 1 aromatic carbocycles. The van der Waals surface area contributed by atoms with E-state index in [1.165, 1.54) is 7.11 Å². The molecule has 0 radical (unpaired) electrons. The lowest BCUT2D eigenvalue weighted by molar-refractivity contribution is -0.383. The van der Waals surface area contributed by atoms with Crippen LogP contribution in [0.2, 0.25) is 0 Å². The number of nitro groups is 1.